The largest absolute Gasteiger partial charge is 0.451 e. The number of halogens is 2. The van der Waals surface area contributed by atoms with Gasteiger partial charge >= 0.3 is 0 Å². The van der Waals surface area contributed by atoms with Gasteiger partial charge in [0.15, 0.2) is 6.39 Å². The van der Waals surface area contributed by atoms with Crippen LogP contribution in [0.5, 0.6) is 0 Å². The van der Waals surface area contributed by atoms with E-state index in [0.29, 0.717) is 0 Å². The summed E-state index contributed by atoms with van der Waals surface area (Å²) in [6, 6.07) is 0. The highest BCUT2D eigenvalue weighted by atomic mass is 35.5. The molecule has 1 aromatic heterocycles. The van der Waals surface area contributed by atoms with Crippen molar-refractivity contribution >= 4 is 24.8 Å². The van der Waals surface area contributed by atoms with E-state index in [1.54, 1.807) is 6.26 Å². The van der Waals surface area contributed by atoms with Gasteiger partial charge in [0, 0.05) is 6.54 Å². The third-order valence-electron chi connectivity index (χ3n) is 0.841. The number of nitrogens with zero attached hydrogens (tertiary/aromatic N) is 1. The van der Waals surface area contributed by atoms with Crippen LogP contribution >= 0.6 is 24.8 Å². The van der Waals surface area contributed by atoms with Crippen LogP contribution in [0.1, 0.15) is 5.69 Å². The van der Waals surface area contributed by atoms with E-state index in [4.69, 9.17) is 4.42 Å². The predicted octanol–water partition coefficient (Wildman–Crippen LogP) is 1.24. The standard InChI is InChI=1S/C5H8N2O.2ClH/c1-6-2-5-3-8-4-7-5;;/h3-4,6H,2H2,1H3;2*1H. The minimum atomic E-state index is 0. The van der Waals surface area contributed by atoms with Crippen molar-refractivity contribution < 1.29 is 4.42 Å². The average molecular weight is 185 g/mol. The summed E-state index contributed by atoms with van der Waals surface area (Å²) in [5.41, 5.74) is 0.938. The molecule has 60 valence electrons. The molecule has 0 aliphatic rings. The van der Waals surface area contributed by atoms with E-state index in [2.05, 4.69) is 10.3 Å². The fourth-order valence-electron chi connectivity index (χ4n) is 0.506. The van der Waals surface area contributed by atoms with Gasteiger partial charge in [0.25, 0.3) is 0 Å². The van der Waals surface area contributed by atoms with Gasteiger partial charge in [-0.15, -0.1) is 24.8 Å². The first-order valence-electron chi connectivity index (χ1n) is 2.45. The molecule has 10 heavy (non-hydrogen) atoms. The normalized spacial score (nSPS) is 7.70. The van der Waals surface area contributed by atoms with Crippen LogP contribution in [-0.4, -0.2) is 12.0 Å². The van der Waals surface area contributed by atoms with Gasteiger partial charge in [-0.3, -0.25) is 0 Å². The van der Waals surface area contributed by atoms with Crippen LogP contribution in [0.15, 0.2) is 17.1 Å². The van der Waals surface area contributed by atoms with Crippen LogP contribution in [-0.2, 0) is 6.54 Å². The number of oxazole rings is 1. The fourth-order valence-corrected chi connectivity index (χ4v) is 0.506. The smallest absolute Gasteiger partial charge is 0.180 e. The van der Waals surface area contributed by atoms with Crippen molar-refractivity contribution in [2.24, 2.45) is 0 Å². The van der Waals surface area contributed by atoms with E-state index >= 15 is 0 Å². The monoisotopic (exact) mass is 184 g/mol. The minimum Gasteiger partial charge on any atom is -0.451 e. The molecule has 0 unspecified atom stereocenters. The third kappa shape index (κ3) is 3.71. The second-order valence-corrected chi connectivity index (χ2v) is 1.51. The maximum Gasteiger partial charge on any atom is 0.180 e. The number of hydrogen-bond donors (Lipinski definition) is 1. The molecule has 0 atom stereocenters. The maximum atomic E-state index is 4.72. The number of rotatable bonds is 2. The molecule has 0 bridgehead atoms. The second-order valence-electron chi connectivity index (χ2n) is 1.51. The van der Waals surface area contributed by atoms with Crippen molar-refractivity contribution in [1.29, 1.82) is 0 Å². The first kappa shape index (κ1) is 12.4. The van der Waals surface area contributed by atoms with E-state index in [9.17, 15) is 0 Å². The molecule has 1 aromatic rings. The van der Waals surface area contributed by atoms with Gasteiger partial charge in [-0.25, -0.2) is 4.98 Å². The van der Waals surface area contributed by atoms with Crippen LogP contribution in [0.2, 0.25) is 0 Å². The Bertz CT molecular complexity index is 143. The summed E-state index contributed by atoms with van der Waals surface area (Å²) in [6.45, 7) is 0.774. The third-order valence-corrected chi connectivity index (χ3v) is 0.841. The number of nitrogens with one attached hydrogen (secondary N) is 1. The molecule has 0 radical (unpaired) electrons. The summed E-state index contributed by atoms with van der Waals surface area (Å²) < 4.78 is 4.72. The molecule has 0 fully saturated rings. The molecule has 0 aromatic carbocycles. The highest BCUT2D eigenvalue weighted by molar-refractivity contribution is 5.85. The molecule has 0 spiro atoms. The summed E-state index contributed by atoms with van der Waals surface area (Å²) >= 11 is 0. The van der Waals surface area contributed by atoms with E-state index in [1.165, 1.54) is 6.39 Å². The average Bonchev–Trinajstić information content (AvgIpc) is 2.19. The lowest BCUT2D eigenvalue weighted by Gasteiger charge is -1.86. The minimum absolute atomic E-state index is 0. The van der Waals surface area contributed by atoms with E-state index in [0.717, 1.165) is 12.2 Å². The van der Waals surface area contributed by atoms with Crippen molar-refractivity contribution in [3.8, 4) is 0 Å². The van der Waals surface area contributed by atoms with Gasteiger partial charge in [0.2, 0.25) is 0 Å². The van der Waals surface area contributed by atoms with E-state index < -0.39 is 0 Å². The molecule has 0 aliphatic heterocycles. The van der Waals surface area contributed by atoms with Crippen molar-refractivity contribution in [3.63, 3.8) is 0 Å². The zero-order valence-electron chi connectivity index (χ0n) is 5.53. The van der Waals surface area contributed by atoms with Crippen molar-refractivity contribution in [1.82, 2.24) is 10.3 Å². The summed E-state index contributed by atoms with van der Waals surface area (Å²) in [5.74, 6) is 0. The zero-order chi connectivity index (χ0) is 5.82. The quantitative estimate of drug-likeness (QED) is 0.753. The Morgan fingerprint density at radius 3 is 2.70 bits per heavy atom. The van der Waals surface area contributed by atoms with Crippen LogP contribution in [0.25, 0.3) is 0 Å². The van der Waals surface area contributed by atoms with Gasteiger partial charge in [0.05, 0.1) is 5.69 Å². The zero-order valence-corrected chi connectivity index (χ0v) is 7.17. The topological polar surface area (TPSA) is 38.1 Å². The summed E-state index contributed by atoms with van der Waals surface area (Å²) in [5, 5.41) is 2.95. The Hall–Kier alpha value is -0.250. The van der Waals surface area contributed by atoms with Crippen LogP contribution in [0, 0.1) is 0 Å². The molecule has 1 heterocycles. The number of hydrogen-bond acceptors (Lipinski definition) is 3. The Labute approximate surface area is 72.0 Å². The first-order chi connectivity index (χ1) is 3.93. The summed E-state index contributed by atoms with van der Waals surface area (Å²) in [6.07, 6.45) is 3.04. The molecule has 1 N–H and O–H groups in total. The Morgan fingerprint density at radius 1 is 1.60 bits per heavy atom. The number of aromatic nitrogens is 1. The SMILES string of the molecule is CNCc1cocn1.Cl.Cl. The molecular weight excluding hydrogens is 175 g/mol. The predicted molar refractivity (Wildman–Crippen MR) is 43.8 cm³/mol. The van der Waals surface area contributed by atoms with Gasteiger partial charge in [-0.2, -0.15) is 0 Å². The van der Waals surface area contributed by atoms with Crippen molar-refractivity contribution in [2.75, 3.05) is 7.05 Å². The summed E-state index contributed by atoms with van der Waals surface area (Å²) in [7, 11) is 1.87. The molecule has 0 saturated carbocycles. The van der Waals surface area contributed by atoms with Crippen LogP contribution in [0.3, 0.4) is 0 Å². The lowest BCUT2D eigenvalue weighted by Crippen LogP contribution is -2.04. The molecule has 0 amide bonds. The van der Waals surface area contributed by atoms with Gasteiger partial charge in [-0.1, -0.05) is 0 Å². The Balaban J connectivity index is 0. The Kier molecular flexibility index (Phi) is 8.53. The van der Waals surface area contributed by atoms with Crippen LogP contribution in [0.4, 0.5) is 0 Å². The molecule has 0 saturated heterocycles. The summed E-state index contributed by atoms with van der Waals surface area (Å²) in [4.78, 5) is 3.88. The first-order valence-corrected chi connectivity index (χ1v) is 2.45. The highest BCUT2D eigenvalue weighted by Crippen LogP contribution is 1.90. The molecule has 0 aliphatic carbocycles. The van der Waals surface area contributed by atoms with Gasteiger partial charge in [0.1, 0.15) is 6.26 Å². The van der Waals surface area contributed by atoms with E-state index in [1.807, 2.05) is 7.05 Å². The highest BCUT2D eigenvalue weighted by Gasteiger charge is 1.89. The molecule has 5 heteroatoms. The molecule has 1 rings (SSSR count). The van der Waals surface area contributed by atoms with Crippen LogP contribution < -0.4 is 5.32 Å². The fraction of sp³-hybridized carbons (Fsp3) is 0.400. The van der Waals surface area contributed by atoms with Gasteiger partial charge < -0.3 is 9.73 Å². The van der Waals surface area contributed by atoms with E-state index in [-0.39, 0.29) is 24.8 Å². The second kappa shape index (κ2) is 6.86. The van der Waals surface area contributed by atoms with Crippen molar-refractivity contribution in [2.45, 2.75) is 6.54 Å². The lowest BCUT2D eigenvalue weighted by molar-refractivity contribution is 0.555. The Morgan fingerprint density at radius 2 is 2.30 bits per heavy atom. The van der Waals surface area contributed by atoms with Gasteiger partial charge in [-0.05, 0) is 7.05 Å². The lowest BCUT2D eigenvalue weighted by atomic mass is 10.5. The maximum absolute atomic E-state index is 4.72. The van der Waals surface area contributed by atoms with Crippen molar-refractivity contribution in [3.05, 3.63) is 18.4 Å². The molecule has 3 nitrogen and oxygen atoms in total. The molecular formula is C5H10Cl2N2O.